The molecule has 1 aromatic rings. The Bertz CT molecular complexity index is 818. The van der Waals surface area contributed by atoms with Gasteiger partial charge < -0.3 is 30.1 Å². The number of carboxylic acid groups (broad SMARTS) is 1. The second kappa shape index (κ2) is 10.8. The fraction of sp³-hybridized carbons (Fsp3) is 0.545. The average molecular weight is 452 g/mol. The Labute approximate surface area is 187 Å². The van der Waals surface area contributed by atoms with Crippen LogP contribution < -0.4 is 15.4 Å². The van der Waals surface area contributed by atoms with Gasteiger partial charge in [0.15, 0.2) is 0 Å². The number of carboxylic acids is 1. The maximum absolute atomic E-state index is 13.1. The van der Waals surface area contributed by atoms with Crippen LogP contribution in [0.15, 0.2) is 24.3 Å². The molecule has 1 atom stereocenters. The van der Waals surface area contributed by atoms with Crippen LogP contribution in [-0.2, 0) is 14.3 Å². The standard InChI is InChI=1S/C22H30ClN3O5/c1-2-30-20-13-18(24)17(23)12-19(20)26(21(27)5-6-22(28)29)15-7-9-25(10-8-15)14-16-4-3-11-31-16/h5-6,12-13,15-16H,2-4,7-11,14,24H2,1H3,(H,28,29)/b6-5+. The van der Waals surface area contributed by atoms with Gasteiger partial charge in [-0.1, -0.05) is 11.6 Å². The van der Waals surface area contributed by atoms with Crippen LogP contribution in [0.3, 0.4) is 0 Å². The number of hydrogen-bond acceptors (Lipinski definition) is 6. The first-order chi connectivity index (χ1) is 14.9. The summed E-state index contributed by atoms with van der Waals surface area (Å²) in [5.41, 5.74) is 6.80. The number of hydrogen-bond donors (Lipinski definition) is 2. The maximum Gasteiger partial charge on any atom is 0.328 e. The molecule has 0 saturated carbocycles. The lowest BCUT2D eigenvalue weighted by Gasteiger charge is -2.39. The minimum Gasteiger partial charge on any atom is -0.492 e. The summed E-state index contributed by atoms with van der Waals surface area (Å²) >= 11 is 6.27. The minimum atomic E-state index is -1.18. The van der Waals surface area contributed by atoms with Crippen molar-refractivity contribution in [3.05, 3.63) is 29.3 Å². The van der Waals surface area contributed by atoms with Gasteiger partial charge in [-0.3, -0.25) is 4.79 Å². The summed E-state index contributed by atoms with van der Waals surface area (Å²) in [6.07, 6.45) is 5.89. The molecular weight excluding hydrogens is 422 g/mol. The summed E-state index contributed by atoms with van der Waals surface area (Å²) in [5.74, 6) is -1.16. The molecule has 0 spiro atoms. The highest BCUT2D eigenvalue weighted by atomic mass is 35.5. The van der Waals surface area contributed by atoms with Crippen molar-refractivity contribution in [2.45, 2.75) is 44.8 Å². The second-order valence-electron chi connectivity index (χ2n) is 7.82. The zero-order valence-corrected chi connectivity index (χ0v) is 18.5. The van der Waals surface area contributed by atoms with Crippen molar-refractivity contribution in [3.63, 3.8) is 0 Å². The van der Waals surface area contributed by atoms with Crippen molar-refractivity contribution in [2.75, 3.05) is 43.5 Å². The number of amides is 1. The number of halogens is 1. The van der Waals surface area contributed by atoms with Gasteiger partial charge in [0.05, 0.1) is 29.1 Å². The third kappa shape index (κ3) is 6.12. The predicted octanol–water partition coefficient (Wildman–Crippen LogP) is 2.94. The molecular formula is C22H30ClN3O5. The lowest BCUT2D eigenvalue weighted by atomic mass is 10.0. The monoisotopic (exact) mass is 451 g/mol. The molecule has 170 valence electrons. The van der Waals surface area contributed by atoms with E-state index >= 15 is 0 Å². The molecule has 0 radical (unpaired) electrons. The number of carbonyl (C=O) groups is 2. The summed E-state index contributed by atoms with van der Waals surface area (Å²) < 4.78 is 11.5. The first-order valence-electron chi connectivity index (χ1n) is 10.7. The van der Waals surface area contributed by atoms with E-state index in [9.17, 15) is 9.59 Å². The maximum atomic E-state index is 13.1. The van der Waals surface area contributed by atoms with E-state index in [4.69, 9.17) is 31.9 Å². The largest absolute Gasteiger partial charge is 0.492 e. The number of likely N-dealkylation sites (tertiary alicyclic amines) is 1. The van der Waals surface area contributed by atoms with Gasteiger partial charge in [0, 0.05) is 50.5 Å². The number of carbonyl (C=O) groups excluding carboxylic acids is 1. The number of ether oxygens (including phenoxy) is 2. The molecule has 1 amide bonds. The number of rotatable bonds is 8. The smallest absolute Gasteiger partial charge is 0.328 e. The van der Waals surface area contributed by atoms with Crippen molar-refractivity contribution < 1.29 is 24.2 Å². The summed E-state index contributed by atoms with van der Waals surface area (Å²) in [5, 5.41) is 9.29. The van der Waals surface area contributed by atoms with Gasteiger partial charge in [0.2, 0.25) is 0 Å². The highest BCUT2D eigenvalue weighted by molar-refractivity contribution is 6.33. The van der Waals surface area contributed by atoms with Crippen molar-refractivity contribution in [1.29, 1.82) is 0 Å². The lowest BCUT2D eigenvalue weighted by molar-refractivity contribution is -0.131. The van der Waals surface area contributed by atoms with E-state index in [1.165, 1.54) is 0 Å². The molecule has 2 aliphatic rings. The van der Waals surface area contributed by atoms with E-state index < -0.39 is 11.9 Å². The first kappa shape index (κ1) is 23.4. The van der Waals surface area contributed by atoms with E-state index in [1.807, 2.05) is 6.92 Å². The van der Waals surface area contributed by atoms with Gasteiger partial charge in [-0.15, -0.1) is 0 Å². The van der Waals surface area contributed by atoms with Crippen molar-refractivity contribution >= 4 is 34.9 Å². The summed E-state index contributed by atoms with van der Waals surface area (Å²) in [4.78, 5) is 28.0. The average Bonchev–Trinajstić information content (AvgIpc) is 3.24. The van der Waals surface area contributed by atoms with Gasteiger partial charge in [0.25, 0.3) is 5.91 Å². The molecule has 0 aliphatic carbocycles. The van der Waals surface area contributed by atoms with Crippen LogP contribution in [0.4, 0.5) is 11.4 Å². The highest BCUT2D eigenvalue weighted by Gasteiger charge is 2.32. The van der Waals surface area contributed by atoms with Crippen molar-refractivity contribution in [2.24, 2.45) is 0 Å². The van der Waals surface area contributed by atoms with E-state index in [2.05, 4.69) is 4.90 Å². The molecule has 2 aliphatic heterocycles. The number of anilines is 2. The Hall–Kier alpha value is -2.29. The molecule has 1 aromatic carbocycles. The number of nitrogen functional groups attached to an aromatic ring is 1. The molecule has 8 nitrogen and oxygen atoms in total. The Morgan fingerprint density at radius 1 is 1.32 bits per heavy atom. The molecule has 31 heavy (non-hydrogen) atoms. The number of piperidine rings is 1. The Morgan fingerprint density at radius 3 is 2.68 bits per heavy atom. The van der Waals surface area contributed by atoms with Crippen LogP contribution >= 0.6 is 11.6 Å². The quantitative estimate of drug-likeness (QED) is 0.462. The zero-order valence-electron chi connectivity index (χ0n) is 17.8. The Kier molecular flexibility index (Phi) is 8.17. The van der Waals surface area contributed by atoms with Crippen LogP contribution in [0.2, 0.25) is 5.02 Å². The van der Waals surface area contributed by atoms with Gasteiger partial charge in [0.1, 0.15) is 5.75 Å². The van der Waals surface area contributed by atoms with Gasteiger partial charge in [-0.05, 0) is 38.7 Å². The van der Waals surface area contributed by atoms with Crippen LogP contribution in [0.1, 0.15) is 32.6 Å². The normalized spacial score (nSPS) is 20.3. The number of nitrogens with two attached hydrogens (primary N) is 1. The second-order valence-corrected chi connectivity index (χ2v) is 8.23. The molecule has 1 unspecified atom stereocenters. The minimum absolute atomic E-state index is 0.120. The van der Waals surface area contributed by atoms with Crippen LogP contribution in [0.5, 0.6) is 5.75 Å². The molecule has 2 heterocycles. The van der Waals surface area contributed by atoms with E-state index in [0.717, 1.165) is 64.1 Å². The number of aliphatic carboxylic acids is 1. The van der Waals surface area contributed by atoms with Crippen molar-refractivity contribution in [1.82, 2.24) is 4.90 Å². The van der Waals surface area contributed by atoms with Crippen LogP contribution in [0, 0.1) is 0 Å². The number of nitrogens with zero attached hydrogens (tertiary/aromatic N) is 2. The third-order valence-electron chi connectivity index (χ3n) is 5.65. The molecule has 2 fully saturated rings. The van der Waals surface area contributed by atoms with Crippen LogP contribution in [0.25, 0.3) is 0 Å². The summed E-state index contributed by atoms with van der Waals surface area (Å²) in [7, 11) is 0. The lowest BCUT2D eigenvalue weighted by Crippen LogP contribution is -2.48. The highest BCUT2D eigenvalue weighted by Crippen LogP contribution is 2.38. The van der Waals surface area contributed by atoms with Gasteiger partial charge in [-0.25, -0.2) is 4.79 Å². The zero-order chi connectivity index (χ0) is 22.4. The fourth-order valence-corrected chi connectivity index (χ4v) is 4.33. The molecule has 0 bridgehead atoms. The summed E-state index contributed by atoms with van der Waals surface area (Å²) in [6.45, 7) is 5.61. The predicted molar refractivity (Wildman–Crippen MR) is 120 cm³/mol. The van der Waals surface area contributed by atoms with Crippen molar-refractivity contribution in [3.8, 4) is 5.75 Å². The third-order valence-corrected chi connectivity index (χ3v) is 5.98. The molecule has 3 N–H and O–H groups in total. The first-order valence-corrected chi connectivity index (χ1v) is 11.1. The molecule has 0 aromatic heterocycles. The SMILES string of the molecule is CCOc1cc(N)c(Cl)cc1N(C(=O)/C=C/C(=O)O)C1CCN(CC2CCCO2)CC1. The van der Waals surface area contributed by atoms with E-state index in [1.54, 1.807) is 17.0 Å². The summed E-state index contributed by atoms with van der Waals surface area (Å²) in [6, 6.07) is 3.10. The Balaban J connectivity index is 1.83. The fourth-order valence-electron chi connectivity index (χ4n) is 4.17. The number of benzene rings is 1. The Morgan fingerprint density at radius 2 is 2.06 bits per heavy atom. The molecule has 3 rings (SSSR count). The topological polar surface area (TPSA) is 105 Å². The van der Waals surface area contributed by atoms with E-state index in [0.29, 0.717) is 28.8 Å². The molecule has 2 saturated heterocycles. The van der Waals surface area contributed by atoms with E-state index in [-0.39, 0.29) is 12.1 Å². The van der Waals surface area contributed by atoms with Gasteiger partial charge >= 0.3 is 5.97 Å². The van der Waals surface area contributed by atoms with Crippen LogP contribution in [-0.4, -0.2) is 66.9 Å². The molecule has 9 heteroatoms. The van der Waals surface area contributed by atoms with Gasteiger partial charge in [-0.2, -0.15) is 0 Å².